The van der Waals surface area contributed by atoms with Crippen LogP contribution in [-0.4, -0.2) is 21.8 Å². The second-order valence-electron chi connectivity index (χ2n) is 3.38. The lowest BCUT2D eigenvalue weighted by molar-refractivity contribution is 0.0696. The third-order valence-corrected chi connectivity index (χ3v) is 4.05. The summed E-state index contributed by atoms with van der Waals surface area (Å²) in [6, 6.07) is 3.30. The van der Waals surface area contributed by atoms with Crippen LogP contribution in [0.1, 0.15) is 34.1 Å². The van der Waals surface area contributed by atoms with Gasteiger partial charge in [-0.25, -0.2) is 9.78 Å². The van der Waals surface area contributed by atoms with Crippen LogP contribution in [0.5, 0.6) is 0 Å². The van der Waals surface area contributed by atoms with E-state index in [9.17, 15) is 4.79 Å². The fourth-order valence-corrected chi connectivity index (χ4v) is 3.09. The second-order valence-corrected chi connectivity index (χ2v) is 5.05. The highest BCUT2D eigenvalue weighted by atomic mass is 35.5. The average Bonchev–Trinajstić information content (AvgIpc) is 2.69. The Hall–Kier alpha value is -0.740. The summed E-state index contributed by atoms with van der Waals surface area (Å²) in [5, 5.41) is 9.26. The van der Waals surface area contributed by atoms with E-state index in [2.05, 4.69) is 4.98 Å². The second kappa shape index (κ2) is 4.41. The Morgan fingerprint density at radius 1 is 1.60 bits per heavy atom. The summed E-state index contributed by atoms with van der Waals surface area (Å²) in [6.07, 6.45) is 2.29. The molecule has 0 saturated carbocycles. The molecule has 1 saturated heterocycles. The number of hydrogen-bond donors (Lipinski definition) is 1. The monoisotopic (exact) mass is 243 g/mol. The lowest BCUT2D eigenvalue weighted by Crippen LogP contribution is -2.02. The van der Waals surface area contributed by atoms with E-state index in [0.717, 1.165) is 17.9 Å². The van der Waals surface area contributed by atoms with Crippen molar-refractivity contribution < 1.29 is 9.90 Å². The third-order valence-electron chi connectivity index (χ3n) is 2.36. The Labute approximate surface area is 96.9 Å². The number of hydrogen-bond acceptors (Lipinski definition) is 3. The van der Waals surface area contributed by atoms with Gasteiger partial charge in [0.15, 0.2) is 0 Å². The van der Waals surface area contributed by atoms with E-state index in [1.54, 1.807) is 6.07 Å². The fourth-order valence-electron chi connectivity index (χ4n) is 1.60. The molecule has 1 aliphatic rings. The number of nitrogens with zero attached hydrogens (tertiary/aromatic N) is 1. The molecule has 0 aliphatic carbocycles. The summed E-state index contributed by atoms with van der Waals surface area (Å²) in [5.41, 5.74) is 0.968. The predicted octanol–water partition coefficient (Wildman–Crippen LogP) is 3.00. The first-order chi connectivity index (χ1) is 7.18. The quantitative estimate of drug-likeness (QED) is 0.812. The molecule has 80 valence electrons. The molecule has 15 heavy (non-hydrogen) atoms. The minimum atomic E-state index is -1.03. The number of carboxylic acids is 1. The smallest absolute Gasteiger partial charge is 0.338 e. The van der Waals surface area contributed by atoms with Crippen LogP contribution in [0.25, 0.3) is 0 Å². The maximum absolute atomic E-state index is 10.7. The SMILES string of the molecule is O=C(O)c1ccc(C2CCCS2)nc1Cl. The molecule has 2 heterocycles. The van der Waals surface area contributed by atoms with Gasteiger partial charge >= 0.3 is 5.97 Å². The largest absolute Gasteiger partial charge is 0.478 e. The Bertz CT molecular complexity index is 391. The maximum Gasteiger partial charge on any atom is 0.338 e. The first kappa shape index (κ1) is 10.8. The summed E-state index contributed by atoms with van der Waals surface area (Å²) in [7, 11) is 0. The number of aromatic nitrogens is 1. The number of carboxylic acid groups (broad SMARTS) is 1. The van der Waals surface area contributed by atoms with Crippen molar-refractivity contribution in [3.63, 3.8) is 0 Å². The highest BCUT2D eigenvalue weighted by Gasteiger charge is 2.20. The molecule has 3 nitrogen and oxygen atoms in total. The van der Waals surface area contributed by atoms with Crippen LogP contribution >= 0.6 is 23.4 Å². The molecule has 1 aromatic heterocycles. The zero-order valence-corrected chi connectivity index (χ0v) is 9.51. The van der Waals surface area contributed by atoms with Crippen molar-refractivity contribution >= 4 is 29.3 Å². The molecule has 1 unspecified atom stereocenters. The molecule has 0 spiro atoms. The number of rotatable bonds is 2. The summed E-state index contributed by atoms with van der Waals surface area (Å²) in [4.78, 5) is 14.9. The highest BCUT2D eigenvalue weighted by molar-refractivity contribution is 7.99. The van der Waals surface area contributed by atoms with Gasteiger partial charge in [0.1, 0.15) is 5.15 Å². The van der Waals surface area contributed by atoms with Crippen LogP contribution in [0.3, 0.4) is 0 Å². The Morgan fingerprint density at radius 2 is 2.40 bits per heavy atom. The predicted molar refractivity (Wildman–Crippen MR) is 60.6 cm³/mol. The number of thioether (sulfide) groups is 1. The molecule has 5 heteroatoms. The molecule has 1 atom stereocenters. The van der Waals surface area contributed by atoms with Gasteiger partial charge in [-0.2, -0.15) is 11.8 Å². The zero-order chi connectivity index (χ0) is 10.8. The molecule has 2 rings (SSSR count). The molecule has 1 aromatic rings. The molecule has 0 radical (unpaired) electrons. The van der Waals surface area contributed by atoms with Crippen molar-refractivity contribution in [3.05, 3.63) is 28.5 Å². The summed E-state index contributed by atoms with van der Waals surface area (Å²) >= 11 is 7.65. The first-order valence-electron chi connectivity index (χ1n) is 4.70. The average molecular weight is 244 g/mol. The summed E-state index contributed by atoms with van der Waals surface area (Å²) in [5.74, 6) is 0.114. The maximum atomic E-state index is 10.7. The fraction of sp³-hybridized carbons (Fsp3) is 0.400. The number of pyridine rings is 1. The lowest BCUT2D eigenvalue weighted by Gasteiger charge is -2.08. The van der Waals surface area contributed by atoms with E-state index in [4.69, 9.17) is 16.7 Å². The number of carbonyl (C=O) groups is 1. The van der Waals surface area contributed by atoms with Gasteiger partial charge in [0.05, 0.1) is 11.3 Å². The molecule has 1 aliphatic heterocycles. The molecule has 0 aromatic carbocycles. The minimum Gasteiger partial charge on any atom is -0.478 e. The van der Waals surface area contributed by atoms with Gasteiger partial charge in [-0.3, -0.25) is 0 Å². The highest BCUT2D eigenvalue weighted by Crippen LogP contribution is 2.39. The van der Waals surface area contributed by atoms with E-state index in [1.807, 2.05) is 11.8 Å². The minimum absolute atomic E-state index is 0.0726. The lowest BCUT2D eigenvalue weighted by atomic mass is 10.1. The van der Waals surface area contributed by atoms with Crippen LogP contribution < -0.4 is 0 Å². The number of halogens is 1. The normalized spacial score (nSPS) is 20.5. The molecule has 0 amide bonds. The topological polar surface area (TPSA) is 50.2 Å². The summed E-state index contributed by atoms with van der Waals surface area (Å²) < 4.78 is 0. The van der Waals surface area contributed by atoms with Crippen LogP contribution in [-0.2, 0) is 0 Å². The van der Waals surface area contributed by atoms with E-state index in [0.29, 0.717) is 5.25 Å². The molecule has 0 bridgehead atoms. The van der Waals surface area contributed by atoms with E-state index < -0.39 is 5.97 Å². The van der Waals surface area contributed by atoms with Crippen molar-refractivity contribution in [2.24, 2.45) is 0 Å². The molecular formula is C10H10ClNO2S. The van der Waals surface area contributed by atoms with Crippen molar-refractivity contribution in [2.75, 3.05) is 5.75 Å². The van der Waals surface area contributed by atoms with Crippen LogP contribution in [0.2, 0.25) is 5.15 Å². The Morgan fingerprint density at radius 3 is 2.93 bits per heavy atom. The van der Waals surface area contributed by atoms with Gasteiger partial charge in [-0.15, -0.1) is 0 Å². The molecule has 1 fully saturated rings. The van der Waals surface area contributed by atoms with Gasteiger partial charge in [0.25, 0.3) is 0 Å². The molecule has 1 N–H and O–H groups in total. The summed E-state index contributed by atoms with van der Waals surface area (Å²) in [6.45, 7) is 0. The van der Waals surface area contributed by atoms with E-state index >= 15 is 0 Å². The third kappa shape index (κ3) is 2.26. The van der Waals surface area contributed by atoms with E-state index in [-0.39, 0.29) is 10.7 Å². The Balaban J connectivity index is 2.28. The standard InChI is InChI=1S/C10H10ClNO2S/c11-9-6(10(13)14)3-4-7(12-9)8-2-1-5-15-8/h3-4,8H,1-2,5H2,(H,13,14). The van der Waals surface area contributed by atoms with Crippen LogP contribution in [0.15, 0.2) is 12.1 Å². The van der Waals surface area contributed by atoms with Crippen molar-refractivity contribution in [2.45, 2.75) is 18.1 Å². The zero-order valence-electron chi connectivity index (χ0n) is 7.94. The van der Waals surface area contributed by atoms with Gasteiger partial charge < -0.3 is 5.11 Å². The van der Waals surface area contributed by atoms with Crippen molar-refractivity contribution in [1.29, 1.82) is 0 Å². The van der Waals surface area contributed by atoms with Crippen molar-refractivity contribution in [1.82, 2.24) is 4.98 Å². The van der Waals surface area contributed by atoms with Crippen LogP contribution in [0, 0.1) is 0 Å². The van der Waals surface area contributed by atoms with Crippen LogP contribution in [0.4, 0.5) is 0 Å². The first-order valence-corrected chi connectivity index (χ1v) is 6.12. The van der Waals surface area contributed by atoms with Crippen molar-refractivity contribution in [3.8, 4) is 0 Å². The molecular weight excluding hydrogens is 234 g/mol. The van der Waals surface area contributed by atoms with Gasteiger partial charge in [0, 0.05) is 5.25 Å². The number of aromatic carboxylic acids is 1. The Kier molecular flexibility index (Phi) is 3.17. The van der Waals surface area contributed by atoms with E-state index in [1.165, 1.54) is 12.5 Å². The van der Waals surface area contributed by atoms with Gasteiger partial charge in [0.2, 0.25) is 0 Å². The van der Waals surface area contributed by atoms with Gasteiger partial charge in [-0.1, -0.05) is 11.6 Å². The van der Waals surface area contributed by atoms with Gasteiger partial charge in [-0.05, 0) is 30.7 Å².